The van der Waals surface area contributed by atoms with Crippen molar-refractivity contribution in [2.45, 2.75) is 53.9 Å². The predicted molar refractivity (Wildman–Crippen MR) is 79.9 cm³/mol. The van der Waals surface area contributed by atoms with Crippen molar-refractivity contribution in [1.82, 2.24) is 0 Å². The van der Waals surface area contributed by atoms with Gasteiger partial charge in [-0.3, -0.25) is 0 Å². The third kappa shape index (κ3) is 5.00. The quantitative estimate of drug-likeness (QED) is 0.461. The van der Waals surface area contributed by atoms with Crippen molar-refractivity contribution in [3.05, 3.63) is 11.6 Å². The Kier molecular flexibility index (Phi) is 9.32. The van der Waals surface area contributed by atoms with Crippen LogP contribution in [0.15, 0.2) is 11.6 Å². The first-order valence-electron chi connectivity index (χ1n) is 7.04. The van der Waals surface area contributed by atoms with Gasteiger partial charge in [0.15, 0.2) is 0 Å². The highest BCUT2D eigenvalue weighted by molar-refractivity contribution is 7.36. The van der Waals surface area contributed by atoms with Crippen LogP contribution in [0.4, 0.5) is 0 Å². The summed E-state index contributed by atoms with van der Waals surface area (Å²) in [7, 11) is 1.13. The third-order valence-electron chi connectivity index (χ3n) is 3.74. The van der Waals surface area contributed by atoms with Gasteiger partial charge in [0.1, 0.15) is 0 Å². The van der Waals surface area contributed by atoms with E-state index in [1.165, 1.54) is 25.4 Å². The highest BCUT2D eigenvalue weighted by Gasteiger charge is 2.22. The van der Waals surface area contributed by atoms with Crippen molar-refractivity contribution in [3.63, 3.8) is 0 Å². The van der Waals surface area contributed by atoms with E-state index in [0.717, 1.165) is 26.3 Å². The molecule has 1 aliphatic carbocycles. The second-order valence-corrected chi connectivity index (χ2v) is 5.88. The topological polar surface area (TPSA) is 0 Å². The maximum absolute atomic E-state index is 2.57. The summed E-state index contributed by atoms with van der Waals surface area (Å²) < 4.78 is 0. The lowest BCUT2D eigenvalue weighted by Crippen LogP contribution is -2.19. The maximum Gasteiger partial charge on any atom is -0.0227 e. The van der Waals surface area contributed by atoms with E-state index in [1.807, 2.05) is 13.8 Å². The Hall–Kier alpha value is 0.170. The van der Waals surface area contributed by atoms with Gasteiger partial charge in [0, 0.05) is 0 Å². The van der Waals surface area contributed by atoms with Crippen LogP contribution >= 0.6 is 8.58 Å². The van der Waals surface area contributed by atoms with E-state index in [0.29, 0.717) is 0 Å². The molecule has 0 saturated carbocycles. The average molecular weight is 242 g/mol. The minimum Gasteiger partial charge on any atom is -0.125 e. The van der Waals surface area contributed by atoms with Crippen LogP contribution in [0.2, 0.25) is 0 Å². The normalized spacial score (nSPS) is 27.2. The van der Waals surface area contributed by atoms with Crippen LogP contribution in [-0.4, -0.2) is 12.8 Å². The van der Waals surface area contributed by atoms with Crippen LogP contribution in [0.3, 0.4) is 0 Å². The number of hydrogen-bond donors (Lipinski definition) is 0. The van der Waals surface area contributed by atoms with Crippen LogP contribution in [0.25, 0.3) is 0 Å². The molecule has 1 aliphatic rings. The Balaban J connectivity index is 0.00000106. The van der Waals surface area contributed by atoms with Gasteiger partial charge in [0.2, 0.25) is 0 Å². The first-order chi connectivity index (χ1) is 7.69. The molecule has 0 aromatic heterocycles. The summed E-state index contributed by atoms with van der Waals surface area (Å²) in [6.07, 6.45) is 8.14. The number of allylic oxidation sites excluding steroid dienone is 2. The molecule has 0 aliphatic heterocycles. The fourth-order valence-corrected chi connectivity index (χ4v) is 3.50. The fraction of sp³-hybridized carbons (Fsp3) is 0.867. The number of rotatable bonds is 4. The van der Waals surface area contributed by atoms with Crippen molar-refractivity contribution >= 4 is 8.58 Å². The van der Waals surface area contributed by atoms with Gasteiger partial charge in [-0.25, -0.2) is 0 Å². The molecule has 0 aromatic carbocycles. The Morgan fingerprint density at radius 2 is 2.06 bits per heavy atom. The first-order valence-corrected chi connectivity index (χ1v) is 8.74. The van der Waals surface area contributed by atoms with Crippen LogP contribution in [0.1, 0.15) is 53.9 Å². The molecule has 1 rings (SSSR count). The molecule has 0 fully saturated rings. The summed E-state index contributed by atoms with van der Waals surface area (Å²) >= 11 is 0. The summed E-state index contributed by atoms with van der Waals surface area (Å²) in [6, 6.07) is 0. The molecule has 0 N–H and O–H groups in total. The lowest BCUT2D eigenvalue weighted by Gasteiger charge is -2.29. The molecule has 0 radical (unpaired) electrons. The van der Waals surface area contributed by atoms with Crippen LogP contribution in [0, 0.1) is 17.8 Å². The van der Waals surface area contributed by atoms with Gasteiger partial charge in [-0.15, -0.1) is 8.58 Å². The zero-order valence-corrected chi connectivity index (χ0v) is 13.1. The molecule has 0 spiro atoms. The minimum atomic E-state index is 0.822. The van der Waals surface area contributed by atoms with E-state index in [9.17, 15) is 0 Å². The Bertz CT molecular complexity index is 196. The summed E-state index contributed by atoms with van der Waals surface area (Å²) in [5, 5.41) is 0. The zero-order chi connectivity index (χ0) is 12.6. The van der Waals surface area contributed by atoms with E-state index >= 15 is 0 Å². The largest absolute Gasteiger partial charge is 0.125 e. The van der Waals surface area contributed by atoms with Crippen molar-refractivity contribution in [2.24, 2.45) is 17.8 Å². The molecule has 4 atom stereocenters. The van der Waals surface area contributed by atoms with Gasteiger partial charge in [0.05, 0.1) is 0 Å². The molecule has 16 heavy (non-hydrogen) atoms. The van der Waals surface area contributed by atoms with Crippen molar-refractivity contribution in [1.29, 1.82) is 0 Å². The molecular weight excluding hydrogens is 211 g/mol. The van der Waals surface area contributed by atoms with E-state index in [4.69, 9.17) is 0 Å². The molecule has 0 bridgehead atoms. The van der Waals surface area contributed by atoms with E-state index in [1.54, 1.807) is 5.57 Å². The summed E-state index contributed by atoms with van der Waals surface area (Å²) in [4.78, 5) is 0. The first kappa shape index (κ1) is 16.2. The molecule has 4 unspecified atom stereocenters. The molecule has 0 heterocycles. The second kappa shape index (κ2) is 9.23. The van der Waals surface area contributed by atoms with Gasteiger partial charge in [-0.2, -0.15) is 0 Å². The summed E-state index contributed by atoms with van der Waals surface area (Å²) in [6.45, 7) is 13.4. The van der Waals surface area contributed by atoms with Crippen LogP contribution < -0.4 is 0 Å². The lowest BCUT2D eigenvalue weighted by atomic mass is 9.79. The minimum absolute atomic E-state index is 0.822. The van der Waals surface area contributed by atoms with Gasteiger partial charge in [0.25, 0.3) is 0 Å². The molecule has 0 nitrogen and oxygen atoms in total. The molecule has 0 saturated heterocycles. The third-order valence-corrected chi connectivity index (χ3v) is 4.67. The predicted octanol–water partition coefficient (Wildman–Crippen LogP) is 5.34. The summed E-state index contributed by atoms with van der Waals surface area (Å²) in [5.74, 6) is 2.63. The van der Waals surface area contributed by atoms with Crippen molar-refractivity contribution < 1.29 is 0 Å². The highest BCUT2D eigenvalue weighted by atomic mass is 31.1. The SMILES string of the molecule is CC.CCC(C)C1=CC(C)C(CPC)CC1. The van der Waals surface area contributed by atoms with E-state index < -0.39 is 0 Å². The van der Waals surface area contributed by atoms with E-state index in [-0.39, 0.29) is 0 Å². The standard InChI is InChI=1S/C13H25P.C2H6/c1-5-10(2)12-6-7-13(9-14-4)11(3)8-12;1-2/h8,10-11,13-14H,5-7,9H2,1-4H3;1-2H3. The van der Waals surface area contributed by atoms with Gasteiger partial charge < -0.3 is 0 Å². The lowest BCUT2D eigenvalue weighted by molar-refractivity contribution is 0.392. The highest BCUT2D eigenvalue weighted by Crippen LogP contribution is 2.35. The van der Waals surface area contributed by atoms with Gasteiger partial charge >= 0.3 is 0 Å². The Morgan fingerprint density at radius 1 is 1.44 bits per heavy atom. The smallest absolute Gasteiger partial charge is 0.0227 e. The number of hydrogen-bond acceptors (Lipinski definition) is 0. The van der Waals surface area contributed by atoms with Crippen molar-refractivity contribution in [2.75, 3.05) is 12.8 Å². The molecule has 0 aromatic rings. The molecular formula is C15H31P. The van der Waals surface area contributed by atoms with Crippen molar-refractivity contribution in [3.8, 4) is 0 Å². The van der Waals surface area contributed by atoms with Crippen LogP contribution in [-0.2, 0) is 0 Å². The van der Waals surface area contributed by atoms with Gasteiger partial charge in [-0.1, -0.05) is 46.3 Å². The average Bonchev–Trinajstić information content (AvgIpc) is 2.33. The monoisotopic (exact) mass is 242 g/mol. The molecule has 1 heteroatoms. The zero-order valence-electron chi connectivity index (χ0n) is 12.1. The van der Waals surface area contributed by atoms with Crippen LogP contribution in [0.5, 0.6) is 0 Å². The summed E-state index contributed by atoms with van der Waals surface area (Å²) in [5.41, 5.74) is 1.73. The molecule has 0 amide bonds. The molecule has 96 valence electrons. The Labute approximate surface area is 105 Å². The second-order valence-electron chi connectivity index (χ2n) is 4.77. The Morgan fingerprint density at radius 3 is 2.50 bits per heavy atom. The van der Waals surface area contributed by atoms with E-state index in [2.05, 4.69) is 33.5 Å². The maximum atomic E-state index is 2.57. The fourth-order valence-electron chi connectivity index (χ4n) is 2.40. The van der Waals surface area contributed by atoms with Gasteiger partial charge in [-0.05, 0) is 49.8 Å².